The molecule has 0 spiro atoms. The number of anilines is 3. The summed E-state index contributed by atoms with van der Waals surface area (Å²) in [7, 11) is 3.09. The van der Waals surface area contributed by atoms with Gasteiger partial charge in [-0.1, -0.05) is 31.0 Å². The van der Waals surface area contributed by atoms with Gasteiger partial charge >= 0.3 is 6.03 Å². The number of carbonyl (C=O) groups is 1. The summed E-state index contributed by atoms with van der Waals surface area (Å²) in [6, 6.07) is 3.35. The van der Waals surface area contributed by atoms with Gasteiger partial charge in [0.25, 0.3) is 0 Å². The lowest BCUT2D eigenvalue weighted by Crippen LogP contribution is -2.50. The molecule has 2 aromatic rings. The molecule has 3 N–H and O–H groups in total. The van der Waals surface area contributed by atoms with Crippen LogP contribution in [0.15, 0.2) is 31.0 Å². The molecule has 0 bridgehead atoms. The number of nitrogens with one attached hydrogen (secondary N) is 2. The Morgan fingerprint density at radius 3 is 2.66 bits per heavy atom. The molecular formula is C27H35ClN6O4. The van der Waals surface area contributed by atoms with Gasteiger partial charge in [-0.05, 0) is 37.7 Å². The fourth-order valence-electron chi connectivity index (χ4n) is 5.18. The lowest BCUT2D eigenvalue weighted by Gasteiger charge is -2.37. The predicted molar refractivity (Wildman–Crippen MR) is 147 cm³/mol. The van der Waals surface area contributed by atoms with Gasteiger partial charge in [-0.15, -0.1) is 0 Å². The highest BCUT2D eigenvalue weighted by Crippen LogP contribution is 2.42. The zero-order valence-corrected chi connectivity index (χ0v) is 22.6. The second-order valence-electron chi connectivity index (χ2n) is 10.1. The molecule has 204 valence electrons. The van der Waals surface area contributed by atoms with Crippen molar-refractivity contribution < 1.29 is 19.4 Å². The highest BCUT2D eigenvalue weighted by molar-refractivity contribution is 6.35. The number of aliphatic hydroxyl groups excluding tert-OH is 1. The van der Waals surface area contributed by atoms with Crippen molar-refractivity contribution in [3.05, 3.63) is 41.6 Å². The zero-order chi connectivity index (χ0) is 26.8. The first-order valence-corrected chi connectivity index (χ1v) is 13.5. The first-order chi connectivity index (χ1) is 18.4. The molecule has 38 heavy (non-hydrogen) atoms. The minimum absolute atomic E-state index is 0.0483. The number of rotatable bonds is 10. The smallest absolute Gasteiger partial charge is 0.330 e. The van der Waals surface area contributed by atoms with E-state index < -0.39 is 6.23 Å². The van der Waals surface area contributed by atoms with Crippen molar-refractivity contribution in [3.8, 4) is 11.5 Å². The van der Waals surface area contributed by atoms with Gasteiger partial charge in [-0.3, -0.25) is 15.1 Å². The van der Waals surface area contributed by atoms with E-state index in [4.69, 9.17) is 26.1 Å². The van der Waals surface area contributed by atoms with Crippen molar-refractivity contribution in [3.63, 3.8) is 0 Å². The summed E-state index contributed by atoms with van der Waals surface area (Å²) in [4.78, 5) is 26.7. The van der Waals surface area contributed by atoms with Crippen molar-refractivity contribution in [2.75, 3.05) is 35.9 Å². The molecule has 1 aliphatic heterocycles. The highest BCUT2D eigenvalue weighted by Gasteiger charge is 2.38. The molecule has 3 aliphatic rings. The molecule has 1 aromatic carbocycles. The molecule has 2 saturated carbocycles. The SMILES string of the molecule is C=CC(O)NC1CCCCC1Nc1ncc2c(n1)N(CC1CC1)C(=O)N(c1cc(OC)cc(OC)c1Cl)C2. The maximum absolute atomic E-state index is 13.9. The van der Waals surface area contributed by atoms with Crippen molar-refractivity contribution in [2.45, 2.75) is 63.4 Å². The Morgan fingerprint density at radius 1 is 1.21 bits per heavy atom. The van der Waals surface area contributed by atoms with Crippen LogP contribution in [0.4, 0.5) is 22.2 Å². The molecule has 3 unspecified atom stereocenters. The first-order valence-electron chi connectivity index (χ1n) is 13.1. The summed E-state index contributed by atoms with van der Waals surface area (Å²) < 4.78 is 10.9. The Hall–Kier alpha value is -3.08. The molecule has 2 aliphatic carbocycles. The van der Waals surface area contributed by atoms with Crippen LogP contribution in [0.25, 0.3) is 0 Å². The number of urea groups is 1. The van der Waals surface area contributed by atoms with E-state index in [9.17, 15) is 9.90 Å². The molecule has 0 saturated heterocycles. The number of methoxy groups -OCH3 is 2. The van der Waals surface area contributed by atoms with Gasteiger partial charge in [0.2, 0.25) is 5.95 Å². The molecule has 5 rings (SSSR count). The number of amides is 2. The van der Waals surface area contributed by atoms with Crippen LogP contribution in [0.1, 0.15) is 44.1 Å². The Bertz CT molecular complexity index is 1190. The van der Waals surface area contributed by atoms with Crippen LogP contribution >= 0.6 is 11.6 Å². The molecule has 0 radical (unpaired) electrons. The van der Waals surface area contributed by atoms with Gasteiger partial charge in [0.05, 0.1) is 26.5 Å². The lowest BCUT2D eigenvalue weighted by molar-refractivity contribution is 0.151. The molecule has 3 atom stereocenters. The second kappa shape index (κ2) is 11.3. The largest absolute Gasteiger partial charge is 0.497 e. The number of nitrogens with zero attached hydrogens (tertiary/aromatic N) is 4. The van der Waals surface area contributed by atoms with E-state index in [1.165, 1.54) is 13.2 Å². The molecule has 2 amide bonds. The molecule has 1 aromatic heterocycles. The Kier molecular flexibility index (Phi) is 7.92. The molecule has 10 nitrogen and oxygen atoms in total. The van der Waals surface area contributed by atoms with E-state index in [1.54, 1.807) is 35.2 Å². The van der Waals surface area contributed by atoms with E-state index in [1.807, 2.05) is 0 Å². The number of halogens is 1. The van der Waals surface area contributed by atoms with Crippen LogP contribution in [0, 0.1) is 5.92 Å². The van der Waals surface area contributed by atoms with Gasteiger partial charge < -0.3 is 19.9 Å². The molecule has 2 fully saturated rings. The minimum Gasteiger partial charge on any atom is -0.497 e. The van der Waals surface area contributed by atoms with Crippen LogP contribution in [-0.2, 0) is 6.54 Å². The molecule has 11 heteroatoms. The number of ether oxygens (including phenoxy) is 2. The predicted octanol–water partition coefficient (Wildman–Crippen LogP) is 4.32. The quantitative estimate of drug-likeness (QED) is 0.300. The maximum atomic E-state index is 13.9. The van der Waals surface area contributed by atoms with Gasteiger partial charge in [0, 0.05) is 42.5 Å². The van der Waals surface area contributed by atoms with E-state index in [0.29, 0.717) is 46.4 Å². The summed E-state index contributed by atoms with van der Waals surface area (Å²) in [5.74, 6) is 2.51. The van der Waals surface area contributed by atoms with Crippen molar-refractivity contribution in [1.82, 2.24) is 15.3 Å². The van der Waals surface area contributed by atoms with Crippen LogP contribution < -0.4 is 29.9 Å². The number of hydrogen-bond acceptors (Lipinski definition) is 8. The normalized spacial score (nSPS) is 22.1. The summed E-state index contributed by atoms with van der Waals surface area (Å²) in [6.45, 7) is 4.51. The van der Waals surface area contributed by atoms with Crippen molar-refractivity contribution in [1.29, 1.82) is 0 Å². The van der Waals surface area contributed by atoms with E-state index in [2.05, 4.69) is 22.2 Å². The third kappa shape index (κ3) is 5.52. The van der Waals surface area contributed by atoms with Crippen LogP contribution in [0.5, 0.6) is 11.5 Å². The minimum atomic E-state index is -0.772. The average Bonchev–Trinajstić information content (AvgIpc) is 3.76. The third-order valence-electron chi connectivity index (χ3n) is 7.45. The van der Waals surface area contributed by atoms with Gasteiger partial charge in [0.15, 0.2) is 0 Å². The fraction of sp³-hybridized carbons (Fsp3) is 0.519. The Morgan fingerprint density at radius 2 is 1.97 bits per heavy atom. The summed E-state index contributed by atoms with van der Waals surface area (Å²) >= 11 is 6.66. The van der Waals surface area contributed by atoms with Crippen LogP contribution in [0.2, 0.25) is 5.02 Å². The maximum Gasteiger partial charge on any atom is 0.330 e. The number of aromatic nitrogens is 2. The van der Waals surface area contributed by atoms with Crippen LogP contribution in [-0.4, -0.2) is 60.2 Å². The standard InChI is InChI=1S/C27H35ClN6O4/c1-4-23(35)30-19-7-5-6-8-20(19)31-26-29-13-17-15-33(21-11-18(37-2)12-22(38-3)24(21)28)27(36)34(25(17)32-26)14-16-9-10-16/h4,11-13,16,19-20,23,30,35H,1,5-10,14-15H2,2-3H3,(H,29,31,32). The third-order valence-corrected chi connectivity index (χ3v) is 7.83. The van der Waals surface area contributed by atoms with Crippen molar-refractivity contribution in [2.24, 2.45) is 5.92 Å². The number of fused-ring (bicyclic) bond motifs is 1. The zero-order valence-electron chi connectivity index (χ0n) is 21.8. The van der Waals surface area contributed by atoms with Gasteiger partial charge in [-0.25, -0.2) is 9.78 Å². The molecular weight excluding hydrogens is 508 g/mol. The Labute approximate surface area is 228 Å². The number of aliphatic hydroxyl groups is 1. The van der Waals surface area contributed by atoms with Gasteiger partial charge in [-0.2, -0.15) is 4.98 Å². The summed E-state index contributed by atoms with van der Waals surface area (Å²) in [5, 5.41) is 17.1. The monoisotopic (exact) mass is 542 g/mol. The number of benzene rings is 1. The van der Waals surface area contributed by atoms with Crippen LogP contribution in [0.3, 0.4) is 0 Å². The summed E-state index contributed by atoms with van der Waals surface area (Å²) in [6.07, 6.45) is 8.69. The lowest BCUT2D eigenvalue weighted by atomic mass is 9.90. The number of hydrogen-bond donors (Lipinski definition) is 3. The molecule has 2 heterocycles. The second-order valence-corrected chi connectivity index (χ2v) is 10.5. The first kappa shape index (κ1) is 26.5. The highest BCUT2D eigenvalue weighted by atomic mass is 35.5. The van der Waals surface area contributed by atoms with Crippen molar-refractivity contribution >= 4 is 35.1 Å². The Balaban J connectivity index is 1.45. The average molecular weight is 543 g/mol. The topological polar surface area (TPSA) is 112 Å². The van der Waals surface area contributed by atoms with E-state index in [-0.39, 0.29) is 24.7 Å². The number of carbonyl (C=O) groups excluding carboxylic acids is 1. The fourth-order valence-corrected chi connectivity index (χ4v) is 5.46. The summed E-state index contributed by atoms with van der Waals surface area (Å²) in [5.41, 5.74) is 1.34. The van der Waals surface area contributed by atoms with E-state index >= 15 is 0 Å². The van der Waals surface area contributed by atoms with Gasteiger partial charge in [0.1, 0.15) is 28.6 Å². The van der Waals surface area contributed by atoms with E-state index in [0.717, 1.165) is 44.1 Å².